The highest BCUT2D eigenvalue weighted by molar-refractivity contribution is 5.88. The fourth-order valence-electron chi connectivity index (χ4n) is 3.07. The second-order valence-electron chi connectivity index (χ2n) is 6.18. The number of carbonyl (C=O) groups is 2. The second-order valence-corrected chi connectivity index (χ2v) is 6.18. The van der Waals surface area contributed by atoms with Crippen molar-refractivity contribution < 1.29 is 14.7 Å². The van der Waals surface area contributed by atoms with Gasteiger partial charge in [0, 0.05) is 12.1 Å². The Morgan fingerprint density at radius 1 is 1.08 bits per heavy atom. The first-order valence-electron chi connectivity index (χ1n) is 7.64. The molecule has 0 aromatic heterocycles. The van der Waals surface area contributed by atoms with Crippen molar-refractivity contribution in [1.82, 2.24) is 0 Å². The van der Waals surface area contributed by atoms with E-state index in [0.29, 0.717) is 18.5 Å². The van der Waals surface area contributed by atoms with Crippen molar-refractivity contribution in [2.45, 2.75) is 24.9 Å². The Morgan fingerprint density at radius 3 is 2.38 bits per heavy atom. The van der Waals surface area contributed by atoms with Gasteiger partial charge >= 0.3 is 6.09 Å². The number of anilines is 1. The minimum absolute atomic E-state index is 0.249. The Balaban J connectivity index is 1.89. The number of carbonyl (C=O) groups excluding carboxylic acids is 1. The maximum Gasteiger partial charge on any atom is 0.412 e. The Hall–Kier alpha value is -2.86. The summed E-state index contributed by atoms with van der Waals surface area (Å²) in [5, 5.41) is 9.55. The summed E-state index contributed by atoms with van der Waals surface area (Å²) in [6.07, 6.45) is -0.334. The van der Waals surface area contributed by atoms with Gasteiger partial charge in [-0.1, -0.05) is 36.4 Å². The van der Waals surface area contributed by atoms with Crippen molar-refractivity contribution in [2.24, 2.45) is 11.5 Å². The van der Waals surface area contributed by atoms with E-state index in [1.165, 1.54) is 4.90 Å². The summed E-state index contributed by atoms with van der Waals surface area (Å²) in [5.41, 5.74) is 13.6. The Morgan fingerprint density at radius 2 is 1.75 bits per heavy atom. The van der Waals surface area contributed by atoms with E-state index in [2.05, 4.69) is 0 Å². The van der Waals surface area contributed by atoms with Crippen LogP contribution in [-0.4, -0.2) is 22.6 Å². The molecule has 1 aliphatic carbocycles. The number of carboxylic acid groups (broad SMARTS) is 1. The lowest BCUT2D eigenvalue weighted by Crippen LogP contribution is -2.52. The van der Waals surface area contributed by atoms with Gasteiger partial charge in [0.1, 0.15) is 5.54 Å². The molecule has 2 aromatic rings. The zero-order chi connectivity index (χ0) is 17.3. The van der Waals surface area contributed by atoms with Crippen LogP contribution in [0.1, 0.15) is 16.7 Å². The fraction of sp³-hybridized carbons (Fsp3) is 0.222. The lowest BCUT2D eigenvalue weighted by Gasteiger charge is -2.20. The normalized spacial score (nSPS) is 18.9. The van der Waals surface area contributed by atoms with Gasteiger partial charge in [-0.3, -0.25) is 9.69 Å². The molecule has 0 saturated carbocycles. The molecule has 1 aliphatic rings. The fourth-order valence-corrected chi connectivity index (χ4v) is 3.07. The third-order valence-electron chi connectivity index (χ3n) is 4.42. The average Bonchev–Trinajstić information content (AvgIpc) is 2.90. The number of hydrogen-bond donors (Lipinski definition) is 3. The zero-order valence-corrected chi connectivity index (χ0v) is 13.1. The van der Waals surface area contributed by atoms with Gasteiger partial charge in [-0.25, -0.2) is 4.79 Å². The SMILES string of the molecule is NC(=O)C1(N)Cc2ccc(N(Cc3ccccc3)C(=O)O)cc2C1. The smallest absolute Gasteiger partial charge is 0.412 e. The summed E-state index contributed by atoms with van der Waals surface area (Å²) in [4.78, 5) is 24.5. The number of rotatable bonds is 4. The van der Waals surface area contributed by atoms with Crippen LogP contribution in [0.15, 0.2) is 48.5 Å². The number of hydrogen-bond acceptors (Lipinski definition) is 3. The number of fused-ring (bicyclic) bond motifs is 1. The lowest BCUT2D eigenvalue weighted by molar-refractivity contribution is -0.122. The van der Waals surface area contributed by atoms with Gasteiger partial charge in [-0.2, -0.15) is 0 Å². The molecule has 2 amide bonds. The van der Waals surface area contributed by atoms with Crippen molar-refractivity contribution in [3.63, 3.8) is 0 Å². The highest BCUT2D eigenvalue weighted by Gasteiger charge is 2.39. The molecule has 0 saturated heterocycles. The molecular weight excluding hydrogens is 306 g/mol. The van der Waals surface area contributed by atoms with Gasteiger partial charge < -0.3 is 16.6 Å². The van der Waals surface area contributed by atoms with Crippen LogP contribution in [0.3, 0.4) is 0 Å². The van der Waals surface area contributed by atoms with Crippen molar-refractivity contribution in [3.05, 3.63) is 65.2 Å². The van der Waals surface area contributed by atoms with Crippen molar-refractivity contribution in [1.29, 1.82) is 0 Å². The van der Waals surface area contributed by atoms with Crippen molar-refractivity contribution >= 4 is 17.7 Å². The van der Waals surface area contributed by atoms with E-state index in [0.717, 1.165) is 16.7 Å². The molecule has 0 spiro atoms. The third kappa shape index (κ3) is 2.96. The second kappa shape index (κ2) is 5.98. The monoisotopic (exact) mass is 325 g/mol. The number of nitrogens with two attached hydrogens (primary N) is 2. The highest BCUT2D eigenvalue weighted by atomic mass is 16.4. The van der Waals surface area contributed by atoms with Gasteiger partial charge in [0.25, 0.3) is 0 Å². The lowest BCUT2D eigenvalue weighted by atomic mass is 9.97. The van der Waals surface area contributed by atoms with Gasteiger partial charge in [-0.15, -0.1) is 0 Å². The Kier molecular flexibility index (Phi) is 3.99. The standard InChI is InChI=1S/C18H19N3O3/c19-16(22)18(20)9-13-6-7-15(8-14(13)10-18)21(17(23)24)11-12-4-2-1-3-5-12/h1-8H,9-11,20H2,(H2,19,22)(H,23,24). The van der Waals surface area contributed by atoms with Crippen LogP contribution in [-0.2, 0) is 24.2 Å². The highest BCUT2D eigenvalue weighted by Crippen LogP contribution is 2.32. The first-order valence-corrected chi connectivity index (χ1v) is 7.64. The summed E-state index contributed by atoms with van der Waals surface area (Å²) in [6.45, 7) is 0.249. The van der Waals surface area contributed by atoms with E-state index < -0.39 is 17.5 Å². The molecule has 0 radical (unpaired) electrons. The summed E-state index contributed by atoms with van der Waals surface area (Å²) >= 11 is 0. The topological polar surface area (TPSA) is 110 Å². The van der Waals surface area contributed by atoms with Gasteiger partial charge in [0.15, 0.2) is 0 Å². The molecule has 5 N–H and O–H groups in total. The van der Waals surface area contributed by atoms with Crippen LogP contribution in [0, 0.1) is 0 Å². The Bertz CT molecular complexity index is 791. The minimum Gasteiger partial charge on any atom is -0.465 e. The van der Waals surface area contributed by atoms with Crippen LogP contribution in [0.5, 0.6) is 0 Å². The first kappa shape index (κ1) is 16.0. The zero-order valence-electron chi connectivity index (χ0n) is 13.1. The van der Waals surface area contributed by atoms with Gasteiger partial charge in [0.05, 0.1) is 6.54 Å². The average molecular weight is 325 g/mol. The summed E-state index contributed by atoms with van der Waals surface area (Å²) < 4.78 is 0. The largest absolute Gasteiger partial charge is 0.465 e. The summed E-state index contributed by atoms with van der Waals surface area (Å²) in [7, 11) is 0. The molecule has 6 heteroatoms. The molecule has 0 fully saturated rings. The van der Waals surface area contributed by atoms with Crippen LogP contribution in [0.2, 0.25) is 0 Å². The number of amides is 2. The molecule has 0 aliphatic heterocycles. The minimum atomic E-state index is -1.09. The molecule has 6 nitrogen and oxygen atoms in total. The van der Waals surface area contributed by atoms with Crippen molar-refractivity contribution in [3.8, 4) is 0 Å². The van der Waals surface area contributed by atoms with E-state index in [1.807, 2.05) is 36.4 Å². The molecule has 3 rings (SSSR count). The van der Waals surface area contributed by atoms with Crippen LogP contribution >= 0.6 is 0 Å². The van der Waals surface area contributed by atoms with E-state index in [4.69, 9.17) is 11.5 Å². The predicted octanol–water partition coefficient (Wildman–Crippen LogP) is 1.65. The summed E-state index contributed by atoms with van der Waals surface area (Å²) in [5.74, 6) is -0.542. The van der Waals surface area contributed by atoms with Crippen LogP contribution < -0.4 is 16.4 Å². The Labute approximate surface area is 139 Å². The van der Waals surface area contributed by atoms with E-state index in [1.54, 1.807) is 12.1 Å². The van der Waals surface area contributed by atoms with E-state index in [9.17, 15) is 14.7 Å². The van der Waals surface area contributed by atoms with Gasteiger partial charge in [-0.05, 0) is 35.2 Å². The third-order valence-corrected chi connectivity index (χ3v) is 4.42. The van der Waals surface area contributed by atoms with Crippen molar-refractivity contribution in [2.75, 3.05) is 4.90 Å². The van der Waals surface area contributed by atoms with Crippen LogP contribution in [0.25, 0.3) is 0 Å². The molecule has 24 heavy (non-hydrogen) atoms. The molecule has 1 unspecified atom stereocenters. The summed E-state index contributed by atoms with van der Waals surface area (Å²) in [6, 6.07) is 14.7. The van der Waals surface area contributed by atoms with E-state index >= 15 is 0 Å². The molecular formula is C18H19N3O3. The molecule has 1 atom stereocenters. The van der Waals surface area contributed by atoms with E-state index in [-0.39, 0.29) is 6.54 Å². The number of primary amides is 1. The number of nitrogens with zero attached hydrogens (tertiary/aromatic N) is 1. The quantitative estimate of drug-likeness (QED) is 0.794. The molecule has 2 aromatic carbocycles. The number of benzene rings is 2. The maximum absolute atomic E-state index is 11.7. The van der Waals surface area contributed by atoms with Crippen LogP contribution in [0.4, 0.5) is 10.5 Å². The molecule has 124 valence electrons. The molecule has 0 bridgehead atoms. The first-order chi connectivity index (χ1) is 11.4. The van der Waals surface area contributed by atoms with Gasteiger partial charge in [0.2, 0.25) is 5.91 Å². The maximum atomic E-state index is 11.7. The molecule has 0 heterocycles. The predicted molar refractivity (Wildman–Crippen MR) is 90.6 cm³/mol.